The highest BCUT2D eigenvalue weighted by atomic mass is 32.1. The Kier molecular flexibility index (Phi) is 6.19. The van der Waals surface area contributed by atoms with Crippen LogP contribution in [0.4, 0.5) is 16.2 Å². The maximum atomic E-state index is 12.6. The van der Waals surface area contributed by atoms with E-state index in [0.717, 1.165) is 9.88 Å². The van der Waals surface area contributed by atoms with Crippen LogP contribution < -0.4 is 15.4 Å². The Morgan fingerprint density at radius 1 is 1.14 bits per heavy atom. The molecule has 0 spiro atoms. The maximum absolute atomic E-state index is 12.6. The van der Waals surface area contributed by atoms with Gasteiger partial charge in [0.15, 0.2) is 0 Å². The van der Waals surface area contributed by atoms with Gasteiger partial charge < -0.3 is 14.8 Å². The number of methoxy groups -OCH3 is 1. The van der Waals surface area contributed by atoms with Crippen LogP contribution in [0.2, 0.25) is 0 Å². The lowest BCUT2D eigenvalue weighted by molar-refractivity contribution is 0.0635. The number of thiophene rings is 1. The third kappa shape index (κ3) is 5.55. The zero-order valence-corrected chi connectivity index (χ0v) is 18.1. The van der Waals surface area contributed by atoms with Crippen molar-refractivity contribution in [3.63, 3.8) is 0 Å². The van der Waals surface area contributed by atoms with E-state index in [0.29, 0.717) is 22.0 Å². The van der Waals surface area contributed by atoms with Gasteiger partial charge in [-0.15, -0.1) is 22.7 Å². The number of aromatic nitrogens is 1. The van der Waals surface area contributed by atoms with Crippen LogP contribution in [-0.2, 0) is 4.74 Å². The first-order valence-corrected chi connectivity index (χ1v) is 10.4. The van der Waals surface area contributed by atoms with Crippen molar-refractivity contribution in [2.45, 2.75) is 26.4 Å². The number of nitrogens with zero attached hydrogens (tertiary/aromatic N) is 1. The summed E-state index contributed by atoms with van der Waals surface area (Å²) in [7, 11) is 1.50. The Morgan fingerprint density at radius 2 is 1.93 bits per heavy atom. The molecule has 0 unspecified atom stereocenters. The highest BCUT2D eigenvalue weighted by Gasteiger charge is 2.18. The van der Waals surface area contributed by atoms with Crippen LogP contribution in [0.25, 0.3) is 9.88 Å². The first-order valence-electron chi connectivity index (χ1n) is 8.74. The van der Waals surface area contributed by atoms with E-state index >= 15 is 0 Å². The molecule has 152 valence electrons. The van der Waals surface area contributed by atoms with Gasteiger partial charge in [-0.1, -0.05) is 6.07 Å². The average Bonchev–Trinajstić information content (AvgIpc) is 3.32. The quantitative estimate of drug-likeness (QED) is 0.558. The molecule has 0 aliphatic heterocycles. The van der Waals surface area contributed by atoms with Gasteiger partial charge in [0.2, 0.25) is 0 Å². The molecule has 3 rings (SSSR count). The molecule has 0 saturated heterocycles. The molecule has 29 heavy (non-hydrogen) atoms. The molecule has 7 nitrogen and oxygen atoms in total. The molecule has 1 aromatic carbocycles. The zero-order chi connectivity index (χ0) is 21.0. The van der Waals surface area contributed by atoms with Crippen LogP contribution in [0, 0.1) is 0 Å². The maximum Gasteiger partial charge on any atom is 0.412 e. The second-order valence-corrected chi connectivity index (χ2v) is 8.98. The van der Waals surface area contributed by atoms with Crippen molar-refractivity contribution in [1.29, 1.82) is 0 Å². The van der Waals surface area contributed by atoms with Gasteiger partial charge >= 0.3 is 6.09 Å². The van der Waals surface area contributed by atoms with Gasteiger partial charge in [0.1, 0.15) is 21.2 Å². The third-order valence-corrected chi connectivity index (χ3v) is 5.59. The number of anilines is 2. The van der Waals surface area contributed by atoms with Crippen molar-refractivity contribution in [2.75, 3.05) is 17.7 Å². The second kappa shape index (κ2) is 8.62. The number of hydrogen-bond donors (Lipinski definition) is 2. The van der Waals surface area contributed by atoms with E-state index in [1.807, 2.05) is 17.5 Å². The smallest absolute Gasteiger partial charge is 0.412 e. The molecule has 0 aliphatic rings. The van der Waals surface area contributed by atoms with Crippen molar-refractivity contribution < 1.29 is 19.1 Å². The monoisotopic (exact) mass is 431 g/mol. The Bertz CT molecular complexity index is 1010. The summed E-state index contributed by atoms with van der Waals surface area (Å²) < 4.78 is 10.5. The fourth-order valence-corrected chi connectivity index (χ4v) is 4.00. The molecule has 3 aromatic rings. The highest BCUT2D eigenvalue weighted by molar-refractivity contribution is 7.22. The summed E-state index contributed by atoms with van der Waals surface area (Å²) in [4.78, 5) is 30.5. The van der Waals surface area contributed by atoms with Gasteiger partial charge in [-0.25, -0.2) is 9.78 Å². The number of benzene rings is 1. The van der Waals surface area contributed by atoms with E-state index in [1.165, 1.54) is 18.4 Å². The average molecular weight is 432 g/mol. The Labute approximate surface area is 176 Å². The molecule has 0 radical (unpaired) electrons. The van der Waals surface area contributed by atoms with Crippen molar-refractivity contribution in [1.82, 2.24) is 4.98 Å². The molecule has 2 N–H and O–H groups in total. The van der Waals surface area contributed by atoms with Gasteiger partial charge in [-0.2, -0.15) is 0 Å². The van der Waals surface area contributed by atoms with E-state index in [2.05, 4.69) is 15.6 Å². The van der Waals surface area contributed by atoms with E-state index in [1.54, 1.807) is 56.5 Å². The van der Waals surface area contributed by atoms with Crippen LogP contribution >= 0.6 is 22.7 Å². The molecule has 2 amide bonds. The minimum Gasteiger partial charge on any atom is -0.495 e. The topological polar surface area (TPSA) is 89.5 Å². The van der Waals surface area contributed by atoms with Crippen LogP contribution in [0.15, 0.2) is 41.9 Å². The van der Waals surface area contributed by atoms with Crippen LogP contribution in [-0.4, -0.2) is 29.7 Å². The molecule has 9 heteroatoms. The summed E-state index contributed by atoms with van der Waals surface area (Å²) in [6, 6.07) is 8.87. The molecule has 2 heterocycles. The molecule has 0 fully saturated rings. The second-order valence-electron chi connectivity index (χ2n) is 7.00. The predicted octanol–water partition coefficient (Wildman–Crippen LogP) is 5.48. The number of carbonyl (C=O) groups is 2. The first kappa shape index (κ1) is 20.8. The summed E-state index contributed by atoms with van der Waals surface area (Å²) in [5.74, 6) is 0.172. The number of hydrogen-bond acceptors (Lipinski definition) is 7. The number of carbonyl (C=O) groups excluding carboxylic acids is 2. The Hall–Kier alpha value is -2.91. The lowest BCUT2D eigenvalue weighted by atomic mass is 10.2. The summed E-state index contributed by atoms with van der Waals surface area (Å²) in [5.41, 5.74) is 0.270. The standard InChI is InChI=1S/C20H21N3O4S2/c1-20(2,3)27-19(25)23-13-10-12(7-8-14(13)26-4)22-17(24)16-11-21-18(29-16)15-6-5-9-28-15/h5-11H,1-4H3,(H,22,24)(H,23,25). The SMILES string of the molecule is COc1ccc(NC(=O)c2cnc(-c3cccs3)s2)cc1NC(=O)OC(C)(C)C. The number of thiazole rings is 1. The molecule has 2 aromatic heterocycles. The Balaban J connectivity index is 1.74. The molecule has 0 saturated carbocycles. The number of ether oxygens (including phenoxy) is 2. The van der Waals surface area contributed by atoms with Gasteiger partial charge in [-0.3, -0.25) is 10.1 Å². The fourth-order valence-electron chi connectivity index (χ4n) is 2.38. The number of amides is 2. The van der Waals surface area contributed by atoms with E-state index in [-0.39, 0.29) is 5.91 Å². The summed E-state index contributed by atoms with van der Waals surface area (Å²) in [6.45, 7) is 5.33. The largest absolute Gasteiger partial charge is 0.495 e. The van der Waals surface area contributed by atoms with Crippen molar-refractivity contribution in [2.24, 2.45) is 0 Å². The number of rotatable bonds is 5. The van der Waals surface area contributed by atoms with Gasteiger partial charge in [0.25, 0.3) is 5.91 Å². The van der Waals surface area contributed by atoms with E-state index in [9.17, 15) is 9.59 Å². The van der Waals surface area contributed by atoms with E-state index in [4.69, 9.17) is 9.47 Å². The van der Waals surface area contributed by atoms with E-state index < -0.39 is 11.7 Å². The fraction of sp³-hybridized carbons (Fsp3) is 0.250. The molecule has 0 aliphatic carbocycles. The van der Waals surface area contributed by atoms with Gasteiger partial charge in [0, 0.05) is 5.69 Å². The lowest BCUT2D eigenvalue weighted by Gasteiger charge is -2.20. The van der Waals surface area contributed by atoms with Crippen LogP contribution in [0.5, 0.6) is 5.75 Å². The molecular formula is C20H21N3O4S2. The number of nitrogens with one attached hydrogen (secondary N) is 2. The van der Waals surface area contributed by atoms with Gasteiger partial charge in [0.05, 0.1) is 23.9 Å². The minimum absolute atomic E-state index is 0.279. The third-order valence-electron chi connectivity index (χ3n) is 3.55. The first-order chi connectivity index (χ1) is 13.7. The molecule has 0 atom stereocenters. The van der Waals surface area contributed by atoms with Gasteiger partial charge in [-0.05, 0) is 50.4 Å². The zero-order valence-electron chi connectivity index (χ0n) is 16.4. The minimum atomic E-state index is -0.629. The summed E-state index contributed by atoms with van der Waals surface area (Å²) in [6.07, 6.45) is 0.945. The van der Waals surface area contributed by atoms with Crippen LogP contribution in [0.3, 0.4) is 0 Å². The van der Waals surface area contributed by atoms with Crippen molar-refractivity contribution >= 4 is 46.0 Å². The van der Waals surface area contributed by atoms with Crippen molar-refractivity contribution in [3.8, 4) is 15.6 Å². The highest BCUT2D eigenvalue weighted by Crippen LogP contribution is 2.31. The Morgan fingerprint density at radius 3 is 2.59 bits per heavy atom. The van der Waals surface area contributed by atoms with Crippen molar-refractivity contribution in [3.05, 3.63) is 46.8 Å². The predicted molar refractivity (Wildman–Crippen MR) is 116 cm³/mol. The van der Waals surface area contributed by atoms with Crippen LogP contribution in [0.1, 0.15) is 30.4 Å². The summed E-state index contributed by atoms with van der Waals surface area (Å²) >= 11 is 2.89. The molecular weight excluding hydrogens is 410 g/mol. The normalized spacial score (nSPS) is 11.0. The molecule has 0 bridgehead atoms. The lowest BCUT2D eigenvalue weighted by Crippen LogP contribution is -2.27. The summed E-state index contributed by atoms with van der Waals surface area (Å²) in [5, 5.41) is 8.23.